The minimum Gasteiger partial charge on any atom is -0.443 e. The lowest BCUT2D eigenvalue weighted by Gasteiger charge is -2.17. The van der Waals surface area contributed by atoms with Gasteiger partial charge in [-0.3, -0.25) is 19.7 Å². The van der Waals surface area contributed by atoms with Crippen molar-refractivity contribution in [2.24, 2.45) is 0 Å². The molecule has 0 bridgehead atoms. The SMILES string of the molecule is CN(C)C(=O)CCn1c(NC(=O)c2ccc(-c3cnco3)s2)nc2cc(N(C)C(=O)c3ccccc3)ccc21. The van der Waals surface area contributed by atoms with Gasteiger partial charge in [0, 0.05) is 45.4 Å². The molecule has 5 rings (SSSR count). The molecule has 0 unspecified atom stereocenters. The van der Waals surface area contributed by atoms with Crippen LogP contribution in [-0.4, -0.2) is 58.3 Å². The van der Waals surface area contributed by atoms with Gasteiger partial charge in [0.05, 0.1) is 27.0 Å². The number of rotatable bonds is 8. The second-order valence-corrected chi connectivity index (χ2v) is 10.1. The number of amides is 3. The van der Waals surface area contributed by atoms with E-state index in [0.717, 1.165) is 10.4 Å². The summed E-state index contributed by atoms with van der Waals surface area (Å²) in [5.74, 6) is 0.354. The van der Waals surface area contributed by atoms with E-state index in [2.05, 4.69) is 15.3 Å². The van der Waals surface area contributed by atoms with Gasteiger partial charge < -0.3 is 18.8 Å². The van der Waals surface area contributed by atoms with Gasteiger partial charge >= 0.3 is 0 Å². The number of anilines is 2. The van der Waals surface area contributed by atoms with E-state index in [1.165, 1.54) is 22.6 Å². The predicted molar refractivity (Wildman–Crippen MR) is 150 cm³/mol. The molecule has 0 saturated carbocycles. The number of aryl methyl sites for hydroxylation is 1. The number of hydrogen-bond donors (Lipinski definition) is 1. The summed E-state index contributed by atoms with van der Waals surface area (Å²) in [6.45, 7) is 0.314. The van der Waals surface area contributed by atoms with E-state index in [9.17, 15) is 14.4 Å². The van der Waals surface area contributed by atoms with Crippen LogP contribution in [0, 0.1) is 0 Å². The molecule has 3 amide bonds. The summed E-state index contributed by atoms with van der Waals surface area (Å²) in [6.07, 6.45) is 3.15. The molecule has 0 spiro atoms. The van der Waals surface area contributed by atoms with Gasteiger partial charge in [0.2, 0.25) is 11.9 Å². The van der Waals surface area contributed by atoms with Gasteiger partial charge in [-0.1, -0.05) is 18.2 Å². The minimum atomic E-state index is -0.335. The number of carbonyl (C=O) groups is 3. The first kappa shape index (κ1) is 25.9. The minimum absolute atomic E-state index is 0.0473. The van der Waals surface area contributed by atoms with Crippen molar-refractivity contribution in [1.82, 2.24) is 19.4 Å². The molecule has 5 aromatic rings. The largest absolute Gasteiger partial charge is 0.443 e. The van der Waals surface area contributed by atoms with Gasteiger partial charge in [0.15, 0.2) is 12.2 Å². The molecule has 3 aromatic heterocycles. The summed E-state index contributed by atoms with van der Waals surface area (Å²) < 4.78 is 7.13. The summed E-state index contributed by atoms with van der Waals surface area (Å²) in [7, 11) is 5.10. The second kappa shape index (κ2) is 10.9. The number of hydrogen-bond acceptors (Lipinski definition) is 7. The summed E-state index contributed by atoms with van der Waals surface area (Å²) in [5, 5.41) is 2.90. The summed E-state index contributed by atoms with van der Waals surface area (Å²) in [5.41, 5.74) is 2.54. The first-order valence-electron chi connectivity index (χ1n) is 12.2. The Morgan fingerprint density at radius 2 is 1.82 bits per heavy atom. The standard InChI is InChI=1S/C28H26N6O4S/c1-32(2)25(35)13-14-34-21-10-9-19(33(3)27(37)18-7-5-4-6-8-18)15-20(21)30-28(34)31-26(36)24-12-11-23(39-24)22-16-29-17-38-22/h4-12,15-17H,13-14H2,1-3H3,(H,30,31,36). The van der Waals surface area contributed by atoms with Gasteiger partial charge in [0.25, 0.3) is 11.8 Å². The Hall–Kier alpha value is -4.77. The van der Waals surface area contributed by atoms with Crippen LogP contribution in [0.4, 0.5) is 11.6 Å². The first-order chi connectivity index (χ1) is 18.8. The van der Waals surface area contributed by atoms with Crippen molar-refractivity contribution in [3.63, 3.8) is 0 Å². The average Bonchev–Trinajstić information content (AvgIpc) is 3.71. The van der Waals surface area contributed by atoms with Crippen LogP contribution < -0.4 is 10.2 Å². The number of nitrogens with zero attached hydrogens (tertiary/aromatic N) is 5. The van der Waals surface area contributed by atoms with E-state index in [4.69, 9.17) is 4.42 Å². The third-order valence-electron chi connectivity index (χ3n) is 6.22. The highest BCUT2D eigenvalue weighted by Gasteiger charge is 2.20. The Morgan fingerprint density at radius 1 is 1.03 bits per heavy atom. The lowest BCUT2D eigenvalue weighted by molar-refractivity contribution is -0.128. The molecule has 0 fully saturated rings. The highest BCUT2D eigenvalue weighted by molar-refractivity contribution is 7.17. The van der Waals surface area contributed by atoms with Crippen molar-refractivity contribution in [2.45, 2.75) is 13.0 Å². The average molecular weight is 543 g/mol. The normalized spacial score (nSPS) is 10.9. The number of fused-ring (bicyclic) bond motifs is 1. The molecule has 0 aliphatic carbocycles. The third-order valence-corrected chi connectivity index (χ3v) is 7.32. The molecule has 3 heterocycles. The van der Waals surface area contributed by atoms with Crippen LogP contribution in [0.15, 0.2) is 77.7 Å². The van der Waals surface area contributed by atoms with Crippen LogP contribution in [0.3, 0.4) is 0 Å². The number of thiophene rings is 1. The summed E-state index contributed by atoms with van der Waals surface area (Å²) >= 11 is 1.27. The first-order valence-corrected chi connectivity index (χ1v) is 13.0. The van der Waals surface area contributed by atoms with E-state index in [-0.39, 0.29) is 24.1 Å². The van der Waals surface area contributed by atoms with E-state index in [1.807, 2.05) is 34.9 Å². The molecular formula is C28H26N6O4S. The Balaban J connectivity index is 1.45. The molecule has 1 N–H and O–H groups in total. The topological polar surface area (TPSA) is 114 Å². The zero-order valence-corrected chi connectivity index (χ0v) is 22.4. The van der Waals surface area contributed by atoms with Gasteiger partial charge in [-0.2, -0.15) is 0 Å². The van der Waals surface area contributed by atoms with E-state index in [1.54, 1.807) is 62.6 Å². The molecule has 198 valence electrons. The maximum absolute atomic E-state index is 13.2. The van der Waals surface area contributed by atoms with Crippen LogP contribution in [0.1, 0.15) is 26.5 Å². The molecule has 39 heavy (non-hydrogen) atoms. The van der Waals surface area contributed by atoms with Crippen molar-refractivity contribution in [3.05, 3.63) is 83.7 Å². The fraction of sp³-hybridized carbons (Fsp3) is 0.179. The zero-order valence-electron chi connectivity index (χ0n) is 21.6. The van der Waals surface area contributed by atoms with Gasteiger partial charge in [-0.05, 0) is 42.5 Å². The quantitative estimate of drug-likeness (QED) is 0.302. The summed E-state index contributed by atoms with van der Waals surface area (Å²) in [6, 6.07) is 18.0. The number of imidazole rings is 1. The maximum Gasteiger partial charge on any atom is 0.268 e. The zero-order chi connectivity index (χ0) is 27.5. The third kappa shape index (κ3) is 5.43. The predicted octanol–water partition coefficient (Wildman–Crippen LogP) is 4.76. The van der Waals surface area contributed by atoms with Crippen LogP contribution in [-0.2, 0) is 11.3 Å². The van der Waals surface area contributed by atoms with E-state index < -0.39 is 0 Å². The lowest BCUT2D eigenvalue weighted by atomic mass is 10.2. The van der Waals surface area contributed by atoms with Gasteiger partial charge in [-0.25, -0.2) is 9.97 Å². The van der Waals surface area contributed by atoms with Crippen LogP contribution in [0.5, 0.6) is 0 Å². The van der Waals surface area contributed by atoms with Gasteiger partial charge in [0.1, 0.15) is 0 Å². The molecule has 10 nitrogen and oxygen atoms in total. The molecular weight excluding hydrogens is 516 g/mol. The van der Waals surface area contributed by atoms with Crippen molar-refractivity contribution < 1.29 is 18.8 Å². The number of carbonyl (C=O) groups excluding carboxylic acids is 3. The highest BCUT2D eigenvalue weighted by Crippen LogP contribution is 2.30. The van der Waals surface area contributed by atoms with Gasteiger partial charge in [-0.15, -0.1) is 11.3 Å². The highest BCUT2D eigenvalue weighted by atomic mass is 32.1. The molecule has 0 aliphatic rings. The Bertz CT molecular complexity index is 1640. The van der Waals surface area contributed by atoms with E-state index >= 15 is 0 Å². The fourth-order valence-electron chi connectivity index (χ4n) is 4.06. The molecule has 0 aliphatic heterocycles. The van der Waals surface area contributed by atoms with Crippen molar-refractivity contribution in [2.75, 3.05) is 31.4 Å². The van der Waals surface area contributed by atoms with Crippen molar-refractivity contribution in [1.29, 1.82) is 0 Å². The Kier molecular flexibility index (Phi) is 7.24. The number of oxazole rings is 1. The Morgan fingerprint density at radius 3 is 2.54 bits per heavy atom. The maximum atomic E-state index is 13.2. The molecule has 0 saturated heterocycles. The smallest absolute Gasteiger partial charge is 0.268 e. The molecule has 2 aromatic carbocycles. The Labute approximate surface area is 228 Å². The number of aromatic nitrogens is 3. The molecule has 11 heteroatoms. The van der Waals surface area contributed by atoms with Crippen molar-refractivity contribution >= 4 is 51.7 Å². The number of benzene rings is 2. The lowest BCUT2D eigenvalue weighted by Crippen LogP contribution is -2.26. The van der Waals surface area contributed by atoms with Crippen LogP contribution >= 0.6 is 11.3 Å². The fourth-order valence-corrected chi connectivity index (χ4v) is 4.92. The molecule has 0 atom stereocenters. The second-order valence-electron chi connectivity index (χ2n) is 9.01. The van der Waals surface area contributed by atoms with Crippen LogP contribution in [0.2, 0.25) is 0 Å². The van der Waals surface area contributed by atoms with Crippen molar-refractivity contribution in [3.8, 4) is 10.6 Å². The monoisotopic (exact) mass is 542 g/mol. The molecule has 0 radical (unpaired) electrons. The van der Waals surface area contributed by atoms with Crippen LogP contribution in [0.25, 0.3) is 21.7 Å². The summed E-state index contributed by atoms with van der Waals surface area (Å²) in [4.78, 5) is 51.4. The number of nitrogens with one attached hydrogen (secondary N) is 1. The van der Waals surface area contributed by atoms with E-state index in [0.29, 0.717) is 39.9 Å².